The lowest BCUT2D eigenvalue weighted by molar-refractivity contribution is -0.128. The standard InChI is InChI=1S/C9H14N4O2/c1-5-8(10)7(15-12-5)4-13-3-2-6(13)9(11)14/h6H,2-4,10H2,1H3,(H2,11,14). The van der Waals surface area contributed by atoms with Crippen LogP contribution in [0.4, 0.5) is 5.69 Å². The lowest BCUT2D eigenvalue weighted by Crippen LogP contribution is -2.54. The zero-order chi connectivity index (χ0) is 11.0. The number of rotatable bonds is 3. The monoisotopic (exact) mass is 210 g/mol. The molecule has 2 rings (SSSR count). The molecule has 0 radical (unpaired) electrons. The summed E-state index contributed by atoms with van der Waals surface area (Å²) >= 11 is 0. The molecule has 1 aliphatic rings. The van der Waals surface area contributed by atoms with E-state index in [0.717, 1.165) is 13.0 Å². The number of carbonyl (C=O) groups excluding carboxylic acids is 1. The molecule has 15 heavy (non-hydrogen) atoms. The van der Waals surface area contributed by atoms with E-state index >= 15 is 0 Å². The summed E-state index contributed by atoms with van der Waals surface area (Å²) in [5.41, 5.74) is 12.2. The molecule has 1 aliphatic heterocycles. The molecule has 2 heterocycles. The summed E-state index contributed by atoms with van der Waals surface area (Å²) in [5.74, 6) is 0.314. The molecule has 82 valence electrons. The Morgan fingerprint density at radius 3 is 2.87 bits per heavy atom. The van der Waals surface area contributed by atoms with Gasteiger partial charge in [0.25, 0.3) is 0 Å². The second kappa shape index (κ2) is 3.54. The molecule has 0 saturated carbocycles. The first-order valence-corrected chi connectivity index (χ1v) is 4.83. The number of nitrogens with two attached hydrogens (primary N) is 2. The highest BCUT2D eigenvalue weighted by Crippen LogP contribution is 2.24. The minimum atomic E-state index is -0.295. The number of likely N-dealkylation sites (tertiary alicyclic amines) is 1. The van der Waals surface area contributed by atoms with Crippen molar-refractivity contribution < 1.29 is 9.32 Å². The van der Waals surface area contributed by atoms with Crippen molar-refractivity contribution in [3.8, 4) is 0 Å². The van der Waals surface area contributed by atoms with E-state index < -0.39 is 0 Å². The fraction of sp³-hybridized carbons (Fsp3) is 0.556. The van der Waals surface area contributed by atoms with Crippen LogP contribution < -0.4 is 11.5 Å². The molecule has 1 atom stereocenters. The largest absolute Gasteiger partial charge is 0.394 e. The van der Waals surface area contributed by atoms with Gasteiger partial charge >= 0.3 is 0 Å². The smallest absolute Gasteiger partial charge is 0.234 e. The van der Waals surface area contributed by atoms with Gasteiger partial charge in [0.2, 0.25) is 5.91 Å². The summed E-state index contributed by atoms with van der Waals surface area (Å²) in [6.07, 6.45) is 0.808. The van der Waals surface area contributed by atoms with Gasteiger partial charge in [-0.15, -0.1) is 0 Å². The summed E-state index contributed by atoms with van der Waals surface area (Å²) in [6, 6.07) is -0.185. The number of anilines is 1. The number of nitrogens with zero attached hydrogens (tertiary/aromatic N) is 2. The van der Waals surface area contributed by atoms with Gasteiger partial charge in [-0.3, -0.25) is 9.69 Å². The molecule has 6 heteroatoms. The van der Waals surface area contributed by atoms with Gasteiger partial charge in [-0.25, -0.2) is 0 Å². The third-order valence-corrected chi connectivity index (χ3v) is 2.79. The Bertz CT molecular complexity index is 387. The van der Waals surface area contributed by atoms with E-state index in [0.29, 0.717) is 23.7 Å². The van der Waals surface area contributed by atoms with Crippen LogP contribution >= 0.6 is 0 Å². The van der Waals surface area contributed by atoms with Crippen molar-refractivity contribution in [2.24, 2.45) is 5.73 Å². The fourth-order valence-corrected chi connectivity index (χ4v) is 1.67. The summed E-state index contributed by atoms with van der Waals surface area (Å²) in [7, 11) is 0. The van der Waals surface area contributed by atoms with E-state index in [1.165, 1.54) is 0 Å². The zero-order valence-corrected chi connectivity index (χ0v) is 8.56. The second-order valence-electron chi connectivity index (χ2n) is 3.78. The second-order valence-corrected chi connectivity index (χ2v) is 3.78. The summed E-state index contributed by atoms with van der Waals surface area (Å²) in [5, 5.41) is 3.75. The Hall–Kier alpha value is -1.56. The zero-order valence-electron chi connectivity index (χ0n) is 8.56. The first-order valence-electron chi connectivity index (χ1n) is 4.83. The predicted molar refractivity (Wildman–Crippen MR) is 53.7 cm³/mol. The average Bonchev–Trinajstić information content (AvgIpc) is 2.42. The van der Waals surface area contributed by atoms with E-state index in [1.807, 2.05) is 4.90 Å². The normalized spacial score (nSPS) is 21.3. The maximum Gasteiger partial charge on any atom is 0.234 e. The van der Waals surface area contributed by atoms with Crippen LogP contribution in [0.15, 0.2) is 4.52 Å². The number of nitrogen functional groups attached to an aromatic ring is 1. The number of aromatic nitrogens is 1. The van der Waals surface area contributed by atoms with Gasteiger partial charge < -0.3 is 16.0 Å². The van der Waals surface area contributed by atoms with Crippen LogP contribution in [0.2, 0.25) is 0 Å². The van der Waals surface area contributed by atoms with Gasteiger partial charge in [0.1, 0.15) is 5.69 Å². The molecule has 1 unspecified atom stereocenters. The highest BCUT2D eigenvalue weighted by molar-refractivity contribution is 5.80. The van der Waals surface area contributed by atoms with E-state index in [1.54, 1.807) is 6.92 Å². The van der Waals surface area contributed by atoms with Crippen molar-refractivity contribution >= 4 is 11.6 Å². The summed E-state index contributed by atoms with van der Waals surface area (Å²) < 4.78 is 5.06. The lowest BCUT2D eigenvalue weighted by atomic mass is 10.0. The molecule has 1 saturated heterocycles. The average molecular weight is 210 g/mol. The van der Waals surface area contributed by atoms with Gasteiger partial charge in [-0.05, 0) is 13.3 Å². The summed E-state index contributed by atoms with van der Waals surface area (Å²) in [6.45, 7) is 3.12. The number of aryl methyl sites for hydroxylation is 1. The van der Waals surface area contributed by atoms with E-state index in [9.17, 15) is 4.79 Å². The van der Waals surface area contributed by atoms with Gasteiger partial charge in [-0.1, -0.05) is 5.16 Å². The fourth-order valence-electron chi connectivity index (χ4n) is 1.67. The van der Waals surface area contributed by atoms with Crippen LogP contribution in [-0.4, -0.2) is 28.6 Å². The molecule has 0 aliphatic carbocycles. The van der Waals surface area contributed by atoms with E-state index in [-0.39, 0.29) is 11.9 Å². The Morgan fingerprint density at radius 1 is 1.73 bits per heavy atom. The van der Waals surface area contributed by atoms with Crippen molar-refractivity contribution in [2.45, 2.75) is 25.9 Å². The van der Waals surface area contributed by atoms with Crippen LogP contribution in [0, 0.1) is 6.92 Å². The molecule has 0 spiro atoms. The molecule has 1 amide bonds. The number of amides is 1. The molecule has 1 aromatic rings. The van der Waals surface area contributed by atoms with Crippen molar-refractivity contribution in [2.75, 3.05) is 12.3 Å². The molecule has 4 N–H and O–H groups in total. The molecule has 0 bridgehead atoms. The third kappa shape index (κ3) is 1.68. The molecule has 6 nitrogen and oxygen atoms in total. The Labute approximate surface area is 87.2 Å². The van der Waals surface area contributed by atoms with Crippen molar-refractivity contribution in [1.29, 1.82) is 0 Å². The molecule has 1 aromatic heterocycles. The molecule has 0 aromatic carbocycles. The number of carbonyl (C=O) groups is 1. The maximum atomic E-state index is 11.0. The van der Waals surface area contributed by atoms with Gasteiger partial charge in [-0.2, -0.15) is 0 Å². The minimum Gasteiger partial charge on any atom is -0.394 e. The number of hydrogen-bond acceptors (Lipinski definition) is 5. The van der Waals surface area contributed by atoms with Crippen LogP contribution in [0.3, 0.4) is 0 Å². The first kappa shape index (κ1) is 9.97. The Kier molecular flexibility index (Phi) is 2.36. The highest BCUT2D eigenvalue weighted by atomic mass is 16.5. The number of hydrogen-bond donors (Lipinski definition) is 2. The van der Waals surface area contributed by atoms with Crippen LogP contribution in [-0.2, 0) is 11.3 Å². The highest BCUT2D eigenvalue weighted by Gasteiger charge is 2.33. The Morgan fingerprint density at radius 2 is 2.47 bits per heavy atom. The predicted octanol–water partition coefficient (Wildman–Crippen LogP) is -0.375. The van der Waals surface area contributed by atoms with Crippen molar-refractivity contribution in [3.05, 3.63) is 11.5 Å². The van der Waals surface area contributed by atoms with Crippen LogP contribution in [0.25, 0.3) is 0 Å². The van der Waals surface area contributed by atoms with E-state index in [4.69, 9.17) is 16.0 Å². The van der Waals surface area contributed by atoms with Gasteiger partial charge in [0.15, 0.2) is 5.76 Å². The summed E-state index contributed by atoms with van der Waals surface area (Å²) in [4.78, 5) is 12.9. The van der Waals surface area contributed by atoms with Crippen molar-refractivity contribution in [1.82, 2.24) is 10.1 Å². The SMILES string of the molecule is Cc1noc(CN2CCC2C(N)=O)c1N. The van der Waals surface area contributed by atoms with Gasteiger partial charge in [0, 0.05) is 6.54 Å². The molecular formula is C9H14N4O2. The topological polar surface area (TPSA) is 98.4 Å². The number of primary amides is 1. The lowest BCUT2D eigenvalue weighted by Gasteiger charge is -2.37. The quantitative estimate of drug-likeness (QED) is 0.708. The minimum absolute atomic E-state index is 0.185. The third-order valence-electron chi connectivity index (χ3n) is 2.79. The Balaban J connectivity index is 2.04. The first-order chi connectivity index (χ1) is 7.09. The maximum absolute atomic E-state index is 11.0. The molecular weight excluding hydrogens is 196 g/mol. The molecule has 1 fully saturated rings. The van der Waals surface area contributed by atoms with Crippen molar-refractivity contribution in [3.63, 3.8) is 0 Å². The van der Waals surface area contributed by atoms with Crippen LogP contribution in [0.1, 0.15) is 17.9 Å². The van der Waals surface area contributed by atoms with E-state index in [2.05, 4.69) is 5.16 Å². The van der Waals surface area contributed by atoms with Crippen LogP contribution in [0.5, 0.6) is 0 Å². The van der Waals surface area contributed by atoms with Gasteiger partial charge in [0.05, 0.1) is 18.3 Å².